The Hall–Kier alpha value is -2.67. The van der Waals surface area contributed by atoms with Crippen molar-refractivity contribution in [1.29, 1.82) is 0 Å². The molecule has 1 fully saturated rings. The first-order valence-electron chi connectivity index (χ1n) is 8.65. The zero-order valence-electron chi connectivity index (χ0n) is 14.3. The van der Waals surface area contributed by atoms with E-state index in [0.29, 0.717) is 30.4 Å². The summed E-state index contributed by atoms with van der Waals surface area (Å²) in [6.07, 6.45) is 3.33. The number of hydrogen-bond acceptors (Lipinski definition) is 4. The number of aryl methyl sites for hydroxylation is 1. The fourth-order valence-corrected chi connectivity index (χ4v) is 3.98. The molecule has 0 saturated carbocycles. The van der Waals surface area contributed by atoms with Crippen LogP contribution in [0.5, 0.6) is 0 Å². The van der Waals surface area contributed by atoms with E-state index in [4.69, 9.17) is 16.6 Å². The number of carbonyl (C=O) groups excluding carboxylic acids is 1. The molecular weight excluding hydrogens is 352 g/mol. The number of aromatic nitrogens is 5. The van der Waals surface area contributed by atoms with Crippen LogP contribution in [0.1, 0.15) is 30.1 Å². The Balaban J connectivity index is 1.66. The highest BCUT2D eigenvalue weighted by Crippen LogP contribution is 2.36. The minimum Gasteiger partial charge on any atom is -0.335 e. The Labute approximate surface area is 155 Å². The maximum Gasteiger partial charge on any atom is 0.223 e. The number of hydrogen-bond donors (Lipinski definition) is 0. The molecule has 5 rings (SSSR count). The lowest BCUT2D eigenvalue weighted by atomic mass is 10.1. The van der Waals surface area contributed by atoms with Crippen LogP contribution >= 0.6 is 11.6 Å². The monoisotopic (exact) mass is 368 g/mol. The second kappa shape index (κ2) is 5.67. The minimum atomic E-state index is 0.169. The molecule has 2 aliphatic rings. The maximum atomic E-state index is 11.9. The number of nitrogens with zero attached hydrogens (tertiary/aromatic N) is 6. The van der Waals surface area contributed by atoms with E-state index >= 15 is 0 Å². The third-order valence-electron chi connectivity index (χ3n) is 5.07. The van der Waals surface area contributed by atoms with Gasteiger partial charge in [0.2, 0.25) is 5.91 Å². The van der Waals surface area contributed by atoms with E-state index in [2.05, 4.69) is 14.6 Å². The van der Waals surface area contributed by atoms with Crippen LogP contribution in [0.15, 0.2) is 24.5 Å². The van der Waals surface area contributed by atoms with Gasteiger partial charge in [0.25, 0.3) is 0 Å². The van der Waals surface area contributed by atoms with Gasteiger partial charge in [-0.25, -0.2) is 14.6 Å². The third-order valence-corrected chi connectivity index (χ3v) is 5.38. The lowest BCUT2D eigenvalue weighted by Crippen LogP contribution is -2.24. The molecule has 2 aliphatic heterocycles. The van der Waals surface area contributed by atoms with Crippen molar-refractivity contribution in [3.63, 3.8) is 0 Å². The van der Waals surface area contributed by atoms with Crippen LogP contribution in [0.4, 0.5) is 0 Å². The highest BCUT2D eigenvalue weighted by Gasteiger charge is 2.27. The molecule has 0 N–H and O–H groups in total. The van der Waals surface area contributed by atoms with Crippen LogP contribution in [0, 0.1) is 6.92 Å². The Morgan fingerprint density at radius 1 is 1.31 bits per heavy atom. The summed E-state index contributed by atoms with van der Waals surface area (Å²) >= 11 is 6.54. The van der Waals surface area contributed by atoms with Gasteiger partial charge < -0.3 is 9.47 Å². The van der Waals surface area contributed by atoms with Gasteiger partial charge in [0, 0.05) is 13.0 Å². The van der Waals surface area contributed by atoms with Gasteiger partial charge in [0.15, 0.2) is 11.6 Å². The minimum absolute atomic E-state index is 0.169. The first-order valence-corrected chi connectivity index (χ1v) is 9.03. The molecule has 0 bridgehead atoms. The number of rotatable bonds is 2. The van der Waals surface area contributed by atoms with Crippen molar-refractivity contribution >= 4 is 17.5 Å². The molecule has 7 nitrogen and oxygen atoms in total. The molecule has 0 atom stereocenters. The number of amides is 1. The summed E-state index contributed by atoms with van der Waals surface area (Å²) in [7, 11) is 0. The van der Waals surface area contributed by atoms with E-state index in [9.17, 15) is 4.79 Å². The van der Waals surface area contributed by atoms with E-state index in [1.165, 1.54) is 0 Å². The summed E-state index contributed by atoms with van der Waals surface area (Å²) < 4.78 is 3.92. The molecule has 0 aliphatic carbocycles. The molecule has 132 valence electrons. The number of benzene rings is 1. The number of imidazole rings is 1. The Morgan fingerprint density at radius 3 is 3.00 bits per heavy atom. The van der Waals surface area contributed by atoms with Gasteiger partial charge in [-0.15, -0.1) is 0 Å². The van der Waals surface area contributed by atoms with Crippen molar-refractivity contribution in [1.82, 2.24) is 29.2 Å². The van der Waals surface area contributed by atoms with E-state index in [1.807, 2.05) is 41.0 Å². The molecule has 0 radical (unpaired) electrons. The van der Waals surface area contributed by atoms with Crippen LogP contribution in [-0.2, 0) is 17.9 Å². The van der Waals surface area contributed by atoms with Crippen LogP contribution in [0.3, 0.4) is 0 Å². The number of likely N-dealkylation sites (tertiary alicyclic amines) is 1. The second-order valence-corrected chi connectivity index (χ2v) is 7.12. The summed E-state index contributed by atoms with van der Waals surface area (Å²) in [6.45, 7) is 3.76. The molecule has 2 aromatic heterocycles. The van der Waals surface area contributed by atoms with Crippen molar-refractivity contribution in [3.05, 3.63) is 46.8 Å². The number of halogens is 1. The van der Waals surface area contributed by atoms with Gasteiger partial charge in [0.05, 0.1) is 47.1 Å². The van der Waals surface area contributed by atoms with Gasteiger partial charge in [-0.2, -0.15) is 5.10 Å². The van der Waals surface area contributed by atoms with Crippen LogP contribution in [0.25, 0.3) is 17.1 Å². The van der Waals surface area contributed by atoms with Gasteiger partial charge >= 0.3 is 0 Å². The fraction of sp³-hybridized carbons (Fsp3) is 0.333. The van der Waals surface area contributed by atoms with E-state index in [1.54, 1.807) is 0 Å². The van der Waals surface area contributed by atoms with Crippen molar-refractivity contribution in [2.75, 3.05) is 6.54 Å². The third kappa shape index (κ3) is 2.27. The smallest absolute Gasteiger partial charge is 0.223 e. The van der Waals surface area contributed by atoms with Gasteiger partial charge in [-0.1, -0.05) is 17.7 Å². The molecule has 26 heavy (non-hydrogen) atoms. The molecule has 8 heteroatoms. The zero-order chi connectivity index (χ0) is 17.8. The number of fused-ring (bicyclic) bond motifs is 5. The van der Waals surface area contributed by atoms with Gasteiger partial charge in [-0.3, -0.25) is 4.79 Å². The molecule has 4 heterocycles. The van der Waals surface area contributed by atoms with E-state index in [0.717, 1.165) is 41.4 Å². The molecule has 0 spiro atoms. The van der Waals surface area contributed by atoms with Crippen LogP contribution in [-0.4, -0.2) is 41.7 Å². The summed E-state index contributed by atoms with van der Waals surface area (Å²) in [6, 6.07) is 5.80. The average Bonchev–Trinajstić information content (AvgIpc) is 3.28. The lowest BCUT2D eigenvalue weighted by Gasteiger charge is -2.12. The Morgan fingerprint density at radius 2 is 2.19 bits per heavy atom. The molecule has 0 unspecified atom stereocenters. The quantitative estimate of drug-likeness (QED) is 0.545. The van der Waals surface area contributed by atoms with Crippen LogP contribution in [0.2, 0.25) is 5.02 Å². The molecule has 1 saturated heterocycles. The summed E-state index contributed by atoms with van der Waals surface area (Å²) in [5.74, 6) is 1.55. The molecule has 3 aromatic rings. The Kier molecular flexibility index (Phi) is 3.40. The average molecular weight is 369 g/mol. The largest absolute Gasteiger partial charge is 0.335 e. The summed E-state index contributed by atoms with van der Waals surface area (Å²) in [5.41, 5.74) is 3.80. The van der Waals surface area contributed by atoms with Crippen molar-refractivity contribution in [2.45, 2.75) is 32.9 Å². The predicted octanol–water partition coefficient (Wildman–Crippen LogP) is 2.58. The molecule has 1 aromatic carbocycles. The normalized spacial score (nSPS) is 15.6. The van der Waals surface area contributed by atoms with Gasteiger partial charge in [-0.05, 0) is 25.5 Å². The topological polar surface area (TPSA) is 68.8 Å². The maximum absolute atomic E-state index is 11.9. The number of carbonyl (C=O) groups is 1. The van der Waals surface area contributed by atoms with Crippen LogP contribution < -0.4 is 0 Å². The summed E-state index contributed by atoms with van der Waals surface area (Å²) in [5, 5.41) is 5.30. The SMILES string of the molecule is Cc1ncn2c1Cn1nc(CN3CCCC3=O)nc1-c1c(Cl)cccc1-2. The zero-order valence-corrected chi connectivity index (χ0v) is 15.1. The first kappa shape index (κ1) is 15.6. The van der Waals surface area contributed by atoms with Crippen molar-refractivity contribution in [2.24, 2.45) is 0 Å². The summed E-state index contributed by atoms with van der Waals surface area (Å²) in [4.78, 5) is 22.9. The lowest BCUT2D eigenvalue weighted by molar-refractivity contribution is -0.128. The first-order chi connectivity index (χ1) is 12.6. The second-order valence-electron chi connectivity index (χ2n) is 6.71. The Bertz CT molecular complexity index is 1040. The van der Waals surface area contributed by atoms with Gasteiger partial charge in [0.1, 0.15) is 0 Å². The molecule has 1 amide bonds. The standard InChI is InChI=1S/C18H17ClN6O/c1-11-14-8-25-18(21-15(22-25)9-23-7-3-6-16(23)26)17-12(19)4-2-5-13(17)24(14)10-20-11/h2,4-5,10H,3,6-9H2,1H3. The van der Waals surface area contributed by atoms with E-state index in [-0.39, 0.29) is 5.91 Å². The molecular formula is C18H17ClN6O. The predicted molar refractivity (Wildman–Crippen MR) is 96.1 cm³/mol. The fourth-order valence-electron chi connectivity index (χ4n) is 3.73. The van der Waals surface area contributed by atoms with Crippen molar-refractivity contribution in [3.8, 4) is 17.1 Å². The van der Waals surface area contributed by atoms with Crippen molar-refractivity contribution < 1.29 is 4.79 Å². The van der Waals surface area contributed by atoms with E-state index < -0.39 is 0 Å². The highest BCUT2D eigenvalue weighted by molar-refractivity contribution is 6.33. The highest BCUT2D eigenvalue weighted by atomic mass is 35.5.